The SMILES string of the molecule is CCOC(=O)c1ccc(NC(=O)/C(C#N)=C/c2cc(I)c(Cc3cccc(F)c3)c(OCC)c2)cc1. The van der Waals surface area contributed by atoms with E-state index >= 15 is 0 Å². The van der Waals surface area contributed by atoms with Crippen LogP contribution in [0.15, 0.2) is 66.2 Å². The van der Waals surface area contributed by atoms with E-state index in [0.29, 0.717) is 35.6 Å². The number of carbonyl (C=O) groups is 2. The van der Waals surface area contributed by atoms with Crippen molar-refractivity contribution in [2.45, 2.75) is 20.3 Å². The second-order valence-corrected chi connectivity index (χ2v) is 8.80. The predicted molar refractivity (Wildman–Crippen MR) is 144 cm³/mol. The van der Waals surface area contributed by atoms with Crippen LogP contribution in [0.3, 0.4) is 0 Å². The van der Waals surface area contributed by atoms with Gasteiger partial charge in [-0.3, -0.25) is 4.79 Å². The Morgan fingerprint density at radius 1 is 1.08 bits per heavy atom. The van der Waals surface area contributed by atoms with Gasteiger partial charge in [0.25, 0.3) is 5.91 Å². The Morgan fingerprint density at radius 2 is 1.83 bits per heavy atom. The van der Waals surface area contributed by atoms with Crippen LogP contribution in [0.25, 0.3) is 6.08 Å². The van der Waals surface area contributed by atoms with Crippen molar-refractivity contribution < 1.29 is 23.5 Å². The van der Waals surface area contributed by atoms with Crippen molar-refractivity contribution in [3.8, 4) is 11.8 Å². The van der Waals surface area contributed by atoms with Crippen LogP contribution in [0.4, 0.5) is 10.1 Å². The molecule has 0 saturated heterocycles. The third-order valence-electron chi connectivity index (χ3n) is 5.08. The van der Waals surface area contributed by atoms with Crippen LogP contribution in [-0.2, 0) is 16.0 Å². The summed E-state index contributed by atoms with van der Waals surface area (Å²) in [5.41, 5.74) is 3.02. The zero-order valence-electron chi connectivity index (χ0n) is 19.8. The van der Waals surface area contributed by atoms with Gasteiger partial charge in [0.05, 0.1) is 18.8 Å². The highest BCUT2D eigenvalue weighted by Crippen LogP contribution is 2.30. The molecule has 1 amide bonds. The van der Waals surface area contributed by atoms with Crippen LogP contribution in [-0.4, -0.2) is 25.1 Å². The van der Waals surface area contributed by atoms with Gasteiger partial charge in [0.1, 0.15) is 23.2 Å². The maximum atomic E-state index is 13.7. The molecule has 0 aliphatic rings. The molecule has 0 spiro atoms. The first-order chi connectivity index (χ1) is 17.3. The van der Waals surface area contributed by atoms with E-state index in [0.717, 1.165) is 14.7 Å². The van der Waals surface area contributed by atoms with Gasteiger partial charge in [-0.05, 0) is 102 Å². The Hall–Kier alpha value is -3.71. The quantitative estimate of drug-likeness (QED) is 0.138. The van der Waals surface area contributed by atoms with Crippen LogP contribution in [0.5, 0.6) is 5.75 Å². The molecule has 1 N–H and O–H groups in total. The standard InChI is InChI=1S/C28H24FIN2O4/c1-3-35-26-16-19(15-25(30)24(26)14-18-6-5-7-22(29)13-18)12-21(17-31)27(33)32-23-10-8-20(9-11-23)28(34)36-4-2/h5-13,15-16H,3-4,14H2,1-2H3,(H,32,33)/b21-12+. The zero-order valence-corrected chi connectivity index (χ0v) is 22.0. The summed E-state index contributed by atoms with van der Waals surface area (Å²) in [5, 5.41) is 12.3. The van der Waals surface area contributed by atoms with E-state index in [2.05, 4.69) is 27.9 Å². The molecule has 0 atom stereocenters. The number of hydrogen-bond donors (Lipinski definition) is 1. The van der Waals surface area contributed by atoms with Crippen LogP contribution in [0.1, 0.15) is 40.9 Å². The highest BCUT2D eigenvalue weighted by molar-refractivity contribution is 14.1. The Balaban J connectivity index is 1.83. The lowest BCUT2D eigenvalue weighted by atomic mass is 10.0. The molecule has 0 heterocycles. The van der Waals surface area contributed by atoms with E-state index in [1.54, 1.807) is 31.2 Å². The largest absolute Gasteiger partial charge is 0.494 e. The minimum Gasteiger partial charge on any atom is -0.494 e. The lowest BCUT2D eigenvalue weighted by molar-refractivity contribution is -0.112. The molecule has 0 unspecified atom stereocenters. The average molecular weight is 598 g/mol. The molecule has 6 nitrogen and oxygen atoms in total. The summed E-state index contributed by atoms with van der Waals surface area (Å²) in [6.45, 7) is 4.28. The molecule has 8 heteroatoms. The van der Waals surface area contributed by atoms with Gasteiger partial charge in [0, 0.05) is 21.2 Å². The van der Waals surface area contributed by atoms with E-state index in [1.807, 2.05) is 25.1 Å². The Kier molecular flexibility index (Phi) is 9.59. The summed E-state index contributed by atoms with van der Waals surface area (Å²) >= 11 is 2.17. The summed E-state index contributed by atoms with van der Waals surface area (Å²) in [4.78, 5) is 24.5. The molecule has 3 aromatic carbocycles. The number of anilines is 1. The second kappa shape index (κ2) is 12.8. The number of halogens is 2. The molecule has 0 aliphatic heterocycles. The van der Waals surface area contributed by atoms with Gasteiger partial charge in [-0.25, -0.2) is 9.18 Å². The average Bonchev–Trinajstić information content (AvgIpc) is 2.85. The van der Waals surface area contributed by atoms with Gasteiger partial charge in [0.2, 0.25) is 0 Å². The number of nitrogens with one attached hydrogen (secondary N) is 1. The third kappa shape index (κ3) is 7.15. The molecule has 0 fully saturated rings. The highest BCUT2D eigenvalue weighted by Gasteiger charge is 2.15. The van der Waals surface area contributed by atoms with Crippen molar-refractivity contribution >= 4 is 46.2 Å². The minimum absolute atomic E-state index is 0.0967. The molecule has 0 saturated carbocycles. The second-order valence-electron chi connectivity index (χ2n) is 7.64. The van der Waals surface area contributed by atoms with Crippen LogP contribution in [0, 0.1) is 20.7 Å². The number of ether oxygens (including phenoxy) is 2. The zero-order chi connectivity index (χ0) is 26.1. The predicted octanol–water partition coefficient (Wildman–Crippen LogP) is 6.14. The first-order valence-corrected chi connectivity index (χ1v) is 12.3. The molecule has 184 valence electrons. The normalized spacial score (nSPS) is 10.9. The first-order valence-electron chi connectivity index (χ1n) is 11.2. The van der Waals surface area contributed by atoms with Crippen molar-refractivity contribution in [1.82, 2.24) is 0 Å². The molecule has 0 aromatic heterocycles. The minimum atomic E-state index is -0.585. The monoisotopic (exact) mass is 598 g/mol. The van der Waals surface area contributed by atoms with Gasteiger partial charge in [-0.15, -0.1) is 0 Å². The lowest BCUT2D eigenvalue weighted by Gasteiger charge is -2.14. The maximum absolute atomic E-state index is 13.7. The van der Waals surface area contributed by atoms with E-state index < -0.39 is 11.9 Å². The fourth-order valence-corrected chi connectivity index (χ4v) is 4.26. The van der Waals surface area contributed by atoms with Crippen LogP contribution < -0.4 is 10.1 Å². The number of esters is 1. The number of amides is 1. The van der Waals surface area contributed by atoms with Gasteiger partial charge in [-0.1, -0.05) is 12.1 Å². The molecular weight excluding hydrogens is 574 g/mol. The third-order valence-corrected chi connectivity index (χ3v) is 6.04. The van der Waals surface area contributed by atoms with Crippen LogP contribution in [0.2, 0.25) is 0 Å². The summed E-state index contributed by atoms with van der Waals surface area (Å²) < 4.78 is 25.3. The van der Waals surface area contributed by atoms with E-state index in [4.69, 9.17) is 9.47 Å². The molecular formula is C28H24FIN2O4. The number of hydrogen-bond acceptors (Lipinski definition) is 5. The first kappa shape index (κ1) is 26.9. The van der Waals surface area contributed by atoms with Crippen molar-refractivity contribution in [3.63, 3.8) is 0 Å². The smallest absolute Gasteiger partial charge is 0.338 e. The van der Waals surface area contributed by atoms with Crippen LogP contribution >= 0.6 is 22.6 Å². The lowest BCUT2D eigenvalue weighted by Crippen LogP contribution is -2.13. The van der Waals surface area contributed by atoms with E-state index in [9.17, 15) is 19.2 Å². The number of nitrogens with zero attached hydrogens (tertiary/aromatic N) is 1. The van der Waals surface area contributed by atoms with Gasteiger partial charge < -0.3 is 14.8 Å². The van der Waals surface area contributed by atoms with Crippen molar-refractivity contribution in [3.05, 3.63) is 97.9 Å². The van der Waals surface area contributed by atoms with Crippen molar-refractivity contribution in [2.24, 2.45) is 0 Å². The summed E-state index contributed by atoms with van der Waals surface area (Å²) in [5.74, 6) is -0.737. The van der Waals surface area contributed by atoms with Gasteiger partial charge in [0.15, 0.2) is 0 Å². The maximum Gasteiger partial charge on any atom is 0.338 e. The number of rotatable bonds is 9. The fourth-order valence-electron chi connectivity index (χ4n) is 3.44. The summed E-state index contributed by atoms with van der Waals surface area (Å²) in [6.07, 6.45) is 1.96. The molecule has 3 rings (SSSR count). The molecule has 36 heavy (non-hydrogen) atoms. The number of benzene rings is 3. The summed E-state index contributed by atoms with van der Waals surface area (Å²) in [7, 11) is 0. The topological polar surface area (TPSA) is 88.4 Å². The van der Waals surface area contributed by atoms with Gasteiger partial charge in [-0.2, -0.15) is 5.26 Å². The highest BCUT2D eigenvalue weighted by atomic mass is 127. The fraction of sp³-hybridized carbons (Fsp3) is 0.179. The molecule has 0 radical (unpaired) electrons. The van der Waals surface area contributed by atoms with E-state index in [1.165, 1.54) is 30.3 Å². The number of nitriles is 1. The molecule has 3 aromatic rings. The Labute approximate surface area is 222 Å². The summed E-state index contributed by atoms with van der Waals surface area (Å²) in [6, 6.07) is 18.1. The van der Waals surface area contributed by atoms with Crippen molar-refractivity contribution in [2.75, 3.05) is 18.5 Å². The molecule has 0 aliphatic carbocycles. The Morgan fingerprint density at radius 3 is 2.47 bits per heavy atom. The van der Waals surface area contributed by atoms with Crippen molar-refractivity contribution in [1.29, 1.82) is 5.26 Å². The molecule has 0 bridgehead atoms. The van der Waals surface area contributed by atoms with Gasteiger partial charge >= 0.3 is 5.97 Å². The number of carbonyl (C=O) groups excluding carboxylic acids is 2. The van der Waals surface area contributed by atoms with E-state index in [-0.39, 0.29) is 18.0 Å². The Bertz CT molecular complexity index is 1330.